The summed E-state index contributed by atoms with van der Waals surface area (Å²) in [6, 6.07) is 1.96. The summed E-state index contributed by atoms with van der Waals surface area (Å²) in [5.74, 6) is -1.31. The SMILES string of the molecule is CC1(C)OB(c2cc(F)c(N)cc2F)OC1(C)C. The van der Waals surface area contributed by atoms with E-state index in [9.17, 15) is 8.78 Å². The van der Waals surface area contributed by atoms with Crippen LogP contribution in [0.25, 0.3) is 0 Å². The highest BCUT2D eigenvalue weighted by atomic mass is 19.1. The van der Waals surface area contributed by atoms with Crippen LogP contribution in [0.4, 0.5) is 14.5 Å². The summed E-state index contributed by atoms with van der Waals surface area (Å²) in [6.07, 6.45) is 0. The number of halogens is 2. The molecule has 0 spiro atoms. The Kier molecular flexibility index (Phi) is 2.90. The van der Waals surface area contributed by atoms with Crippen LogP contribution < -0.4 is 11.2 Å². The fraction of sp³-hybridized carbons (Fsp3) is 0.500. The number of hydrogen-bond donors (Lipinski definition) is 1. The van der Waals surface area contributed by atoms with E-state index in [1.165, 1.54) is 0 Å². The highest BCUT2D eigenvalue weighted by Gasteiger charge is 2.52. The number of rotatable bonds is 1. The van der Waals surface area contributed by atoms with Gasteiger partial charge in [0.25, 0.3) is 0 Å². The van der Waals surface area contributed by atoms with E-state index in [1.807, 2.05) is 27.7 Å². The van der Waals surface area contributed by atoms with Crippen LogP contribution in [0.1, 0.15) is 27.7 Å². The zero-order valence-corrected chi connectivity index (χ0v) is 10.9. The average Bonchev–Trinajstić information content (AvgIpc) is 2.42. The summed E-state index contributed by atoms with van der Waals surface area (Å²) in [4.78, 5) is 0. The second-order valence-electron chi connectivity index (χ2n) is 5.48. The van der Waals surface area contributed by atoms with Gasteiger partial charge in [-0.3, -0.25) is 0 Å². The third kappa shape index (κ3) is 1.99. The molecule has 1 aromatic rings. The molecule has 1 heterocycles. The molecule has 98 valence electrons. The average molecular weight is 255 g/mol. The van der Waals surface area contributed by atoms with E-state index in [1.54, 1.807) is 0 Å². The Balaban J connectivity index is 2.38. The van der Waals surface area contributed by atoms with Crippen LogP contribution >= 0.6 is 0 Å². The third-order valence-electron chi connectivity index (χ3n) is 3.62. The van der Waals surface area contributed by atoms with Gasteiger partial charge in [-0.25, -0.2) is 8.78 Å². The van der Waals surface area contributed by atoms with Crippen molar-refractivity contribution in [2.45, 2.75) is 38.9 Å². The summed E-state index contributed by atoms with van der Waals surface area (Å²) in [5, 5.41) is 0. The van der Waals surface area contributed by atoms with Gasteiger partial charge in [-0.05, 0) is 39.8 Å². The molecule has 0 aliphatic carbocycles. The van der Waals surface area contributed by atoms with E-state index in [-0.39, 0.29) is 11.2 Å². The quantitative estimate of drug-likeness (QED) is 0.615. The Hall–Kier alpha value is -1.14. The summed E-state index contributed by atoms with van der Waals surface area (Å²) in [5.41, 5.74) is 3.91. The monoisotopic (exact) mass is 255 g/mol. The summed E-state index contributed by atoms with van der Waals surface area (Å²) in [6.45, 7) is 7.38. The first kappa shape index (κ1) is 13.3. The largest absolute Gasteiger partial charge is 0.497 e. The van der Waals surface area contributed by atoms with Crippen LogP contribution in [0.5, 0.6) is 0 Å². The van der Waals surface area contributed by atoms with Gasteiger partial charge in [0.05, 0.1) is 16.9 Å². The Bertz CT molecular complexity index is 475. The maximum Gasteiger partial charge on any atom is 0.497 e. The van der Waals surface area contributed by atoms with Gasteiger partial charge in [0.2, 0.25) is 0 Å². The second kappa shape index (κ2) is 3.93. The first-order valence-corrected chi connectivity index (χ1v) is 5.74. The Labute approximate surface area is 105 Å². The minimum Gasteiger partial charge on any atom is -0.399 e. The van der Waals surface area contributed by atoms with Gasteiger partial charge in [0, 0.05) is 5.46 Å². The fourth-order valence-corrected chi connectivity index (χ4v) is 1.73. The predicted molar refractivity (Wildman–Crippen MR) is 66.5 cm³/mol. The van der Waals surface area contributed by atoms with Gasteiger partial charge >= 0.3 is 7.12 Å². The minimum absolute atomic E-state index is 0.0281. The lowest BCUT2D eigenvalue weighted by Gasteiger charge is -2.32. The van der Waals surface area contributed by atoms with Gasteiger partial charge in [0.1, 0.15) is 11.6 Å². The molecule has 6 heteroatoms. The normalized spacial score (nSPS) is 21.3. The van der Waals surface area contributed by atoms with Crippen molar-refractivity contribution in [2.24, 2.45) is 0 Å². The maximum atomic E-state index is 13.8. The van der Waals surface area contributed by atoms with E-state index in [0.717, 1.165) is 12.1 Å². The summed E-state index contributed by atoms with van der Waals surface area (Å²) in [7, 11) is -0.926. The molecule has 1 aliphatic rings. The molecule has 0 unspecified atom stereocenters. The molecule has 2 N–H and O–H groups in total. The van der Waals surface area contributed by atoms with E-state index in [4.69, 9.17) is 15.0 Å². The van der Waals surface area contributed by atoms with E-state index in [2.05, 4.69) is 0 Å². The smallest absolute Gasteiger partial charge is 0.399 e. The lowest BCUT2D eigenvalue weighted by Crippen LogP contribution is -2.41. The predicted octanol–water partition coefficient (Wildman–Crippen LogP) is 1.85. The van der Waals surface area contributed by atoms with Crippen molar-refractivity contribution < 1.29 is 18.1 Å². The number of benzene rings is 1. The van der Waals surface area contributed by atoms with Crippen LogP contribution in [0.15, 0.2) is 12.1 Å². The molecule has 0 radical (unpaired) electrons. The molecule has 0 bridgehead atoms. The first-order chi connectivity index (χ1) is 8.14. The molecule has 3 nitrogen and oxygen atoms in total. The zero-order valence-electron chi connectivity index (χ0n) is 10.9. The Morgan fingerprint density at radius 1 is 1.00 bits per heavy atom. The molecule has 18 heavy (non-hydrogen) atoms. The molecule has 1 aromatic carbocycles. The Morgan fingerprint density at radius 3 is 2.00 bits per heavy atom. The number of anilines is 1. The van der Waals surface area contributed by atoms with Crippen molar-refractivity contribution in [1.29, 1.82) is 0 Å². The van der Waals surface area contributed by atoms with E-state index < -0.39 is 30.0 Å². The molecule has 0 aromatic heterocycles. The van der Waals surface area contributed by atoms with Crippen molar-refractivity contribution in [1.82, 2.24) is 0 Å². The molecule has 1 saturated heterocycles. The minimum atomic E-state index is -0.926. The van der Waals surface area contributed by atoms with Gasteiger partial charge in [0.15, 0.2) is 0 Å². The van der Waals surface area contributed by atoms with Gasteiger partial charge in [-0.1, -0.05) is 0 Å². The third-order valence-corrected chi connectivity index (χ3v) is 3.62. The standard InChI is InChI=1S/C12H16BF2NO2/c1-11(2)12(3,4)18-13(17-11)7-5-9(15)10(16)6-8(7)14/h5-6H,16H2,1-4H3. The molecular formula is C12H16BF2NO2. The van der Waals surface area contributed by atoms with Crippen molar-refractivity contribution >= 4 is 18.3 Å². The van der Waals surface area contributed by atoms with Crippen molar-refractivity contribution in [3.8, 4) is 0 Å². The van der Waals surface area contributed by atoms with E-state index >= 15 is 0 Å². The first-order valence-electron chi connectivity index (χ1n) is 5.74. The zero-order chi connectivity index (χ0) is 13.7. The Morgan fingerprint density at radius 2 is 1.50 bits per heavy atom. The molecule has 0 saturated carbocycles. The van der Waals surface area contributed by atoms with Gasteiger partial charge < -0.3 is 15.0 Å². The number of nitrogens with two attached hydrogens (primary N) is 1. The highest BCUT2D eigenvalue weighted by molar-refractivity contribution is 6.62. The van der Waals surface area contributed by atoms with E-state index in [0.29, 0.717) is 0 Å². The molecule has 1 aliphatic heterocycles. The van der Waals surface area contributed by atoms with Crippen LogP contribution in [-0.4, -0.2) is 18.3 Å². The fourth-order valence-electron chi connectivity index (χ4n) is 1.73. The van der Waals surface area contributed by atoms with Gasteiger partial charge in [-0.2, -0.15) is 0 Å². The highest BCUT2D eigenvalue weighted by Crippen LogP contribution is 2.36. The molecule has 0 amide bonds. The van der Waals surface area contributed by atoms with Crippen molar-refractivity contribution in [3.05, 3.63) is 23.8 Å². The van der Waals surface area contributed by atoms with Gasteiger partial charge in [-0.15, -0.1) is 0 Å². The maximum absolute atomic E-state index is 13.8. The summed E-state index contributed by atoms with van der Waals surface area (Å²) < 4.78 is 38.5. The summed E-state index contributed by atoms with van der Waals surface area (Å²) >= 11 is 0. The van der Waals surface area contributed by atoms with Crippen LogP contribution in [-0.2, 0) is 9.31 Å². The number of nitrogen functional groups attached to an aromatic ring is 1. The second-order valence-corrected chi connectivity index (χ2v) is 5.48. The topological polar surface area (TPSA) is 44.5 Å². The van der Waals surface area contributed by atoms with Crippen molar-refractivity contribution in [2.75, 3.05) is 5.73 Å². The lowest BCUT2D eigenvalue weighted by atomic mass is 9.78. The van der Waals surface area contributed by atoms with Crippen molar-refractivity contribution in [3.63, 3.8) is 0 Å². The van der Waals surface area contributed by atoms with Crippen LogP contribution in [0.2, 0.25) is 0 Å². The molecule has 2 rings (SSSR count). The number of hydrogen-bond acceptors (Lipinski definition) is 3. The molecule has 1 fully saturated rings. The van der Waals surface area contributed by atoms with Crippen LogP contribution in [0, 0.1) is 11.6 Å². The molecular weight excluding hydrogens is 239 g/mol. The van der Waals surface area contributed by atoms with Crippen LogP contribution in [0.3, 0.4) is 0 Å². The molecule has 0 atom stereocenters. The lowest BCUT2D eigenvalue weighted by molar-refractivity contribution is 0.00578.